The van der Waals surface area contributed by atoms with Crippen molar-refractivity contribution in [1.29, 1.82) is 0 Å². The lowest BCUT2D eigenvalue weighted by molar-refractivity contribution is -0.382. The number of fused-ring (bicyclic) bond motifs is 1. The van der Waals surface area contributed by atoms with E-state index in [1.807, 2.05) is 0 Å². The SMILES string of the molecule is CCN(CC(=O)O)c1ccc2ncccc2c1[N+](=O)[O-]. The molecule has 0 amide bonds. The van der Waals surface area contributed by atoms with Crippen LogP contribution in [0.2, 0.25) is 0 Å². The van der Waals surface area contributed by atoms with E-state index in [0.29, 0.717) is 23.1 Å². The molecule has 104 valence electrons. The zero-order valence-corrected chi connectivity index (χ0v) is 10.8. The average Bonchev–Trinajstić information content (AvgIpc) is 2.43. The summed E-state index contributed by atoms with van der Waals surface area (Å²) in [6.07, 6.45) is 1.56. The first-order valence-electron chi connectivity index (χ1n) is 6.03. The molecule has 2 rings (SSSR count). The van der Waals surface area contributed by atoms with Crippen LogP contribution in [-0.4, -0.2) is 34.1 Å². The Morgan fingerprint density at radius 1 is 1.45 bits per heavy atom. The van der Waals surface area contributed by atoms with Crippen LogP contribution in [0, 0.1) is 10.1 Å². The molecule has 0 aliphatic carbocycles. The van der Waals surface area contributed by atoms with Crippen molar-refractivity contribution in [1.82, 2.24) is 4.98 Å². The molecule has 7 heteroatoms. The lowest BCUT2D eigenvalue weighted by Gasteiger charge is -2.21. The smallest absolute Gasteiger partial charge is 0.323 e. The highest BCUT2D eigenvalue weighted by molar-refractivity contribution is 5.95. The van der Waals surface area contributed by atoms with Crippen LogP contribution < -0.4 is 4.90 Å². The van der Waals surface area contributed by atoms with Gasteiger partial charge >= 0.3 is 11.7 Å². The topological polar surface area (TPSA) is 96.6 Å². The standard InChI is InChI=1S/C13H13N3O4/c1-2-15(8-12(17)18)11-6-5-10-9(4-3-7-14-10)13(11)16(19)20/h3-7H,2,8H2,1H3,(H,17,18). The highest BCUT2D eigenvalue weighted by Gasteiger charge is 2.23. The van der Waals surface area contributed by atoms with Gasteiger partial charge in [-0.1, -0.05) is 0 Å². The highest BCUT2D eigenvalue weighted by Crippen LogP contribution is 2.34. The van der Waals surface area contributed by atoms with E-state index in [-0.39, 0.29) is 12.2 Å². The van der Waals surface area contributed by atoms with Crippen LogP contribution in [0.5, 0.6) is 0 Å². The maximum atomic E-state index is 11.3. The summed E-state index contributed by atoms with van der Waals surface area (Å²) in [6, 6.07) is 6.42. The number of rotatable bonds is 5. The van der Waals surface area contributed by atoms with Crippen molar-refractivity contribution in [2.24, 2.45) is 0 Å². The average molecular weight is 275 g/mol. The van der Waals surface area contributed by atoms with Gasteiger partial charge in [0.25, 0.3) is 0 Å². The minimum absolute atomic E-state index is 0.112. The molecule has 0 spiro atoms. The Labute approximate surface area is 114 Å². The summed E-state index contributed by atoms with van der Waals surface area (Å²) in [5, 5.41) is 20.6. The third-order valence-corrected chi connectivity index (χ3v) is 2.97. The van der Waals surface area contributed by atoms with Crippen LogP contribution in [0.3, 0.4) is 0 Å². The van der Waals surface area contributed by atoms with Gasteiger partial charge in [0.15, 0.2) is 0 Å². The van der Waals surface area contributed by atoms with Crippen molar-refractivity contribution < 1.29 is 14.8 Å². The normalized spacial score (nSPS) is 10.4. The molecule has 0 fully saturated rings. The predicted molar refractivity (Wildman–Crippen MR) is 73.9 cm³/mol. The minimum atomic E-state index is -1.03. The van der Waals surface area contributed by atoms with Crippen molar-refractivity contribution in [2.75, 3.05) is 18.0 Å². The molecular formula is C13H13N3O4. The second-order valence-corrected chi connectivity index (χ2v) is 4.17. The number of aromatic nitrogens is 1. The molecule has 0 bridgehead atoms. The van der Waals surface area contributed by atoms with E-state index >= 15 is 0 Å². The first-order valence-corrected chi connectivity index (χ1v) is 6.03. The first kappa shape index (κ1) is 13.7. The summed E-state index contributed by atoms with van der Waals surface area (Å²) in [6.45, 7) is 1.82. The molecular weight excluding hydrogens is 262 g/mol. The van der Waals surface area contributed by atoms with Crippen molar-refractivity contribution in [2.45, 2.75) is 6.92 Å². The number of aliphatic carboxylic acids is 1. The summed E-state index contributed by atoms with van der Waals surface area (Å²) < 4.78 is 0. The second kappa shape index (κ2) is 5.52. The zero-order chi connectivity index (χ0) is 14.7. The third-order valence-electron chi connectivity index (χ3n) is 2.97. The number of carboxylic acids is 1. The van der Waals surface area contributed by atoms with E-state index in [4.69, 9.17) is 5.11 Å². The number of benzene rings is 1. The Morgan fingerprint density at radius 2 is 2.20 bits per heavy atom. The number of nitro benzene ring substituents is 1. The Kier molecular flexibility index (Phi) is 3.79. The molecule has 0 saturated carbocycles. The van der Waals surface area contributed by atoms with Crippen molar-refractivity contribution >= 4 is 28.2 Å². The number of hydrogen-bond donors (Lipinski definition) is 1. The van der Waals surface area contributed by atoms with Crippen LogP contribution >= 0.6 is 0 Å². The molecule has 0 aliphatic rings. The Balaban J connectivity index is 2.65. The second-order valence-electron chi connectivity index (χ2n) is 4.17. The summed E-state index contributed by atoms with van der Waals surface area (Å²) in [5.41, 5.74) is 0.688. The lowest BCUT2D eigenvalue weighted by Crippen LogP contribution is -2.29. The van der Waals surface area contributed by atoms with Gasteiger partial charge in [-0.3, -0.25) is 19.9 Å². The lowest BCUT2D eigenvalue weighted by atomic mass is 10.1. The Hall–Kier alpha value is -2.70. The van der Waals surface area contributed by atoms with Crippen LogP contribution in [0.1, 0.15) is 6.92 Å². The largest absolute Gasteiger partial charge is 0.480 e. The molecule has 20 heavy (non-hydrogen) atoms. The molecule has 0 saturated heterocycles. The molecule has 2 aromatic rings. The van der Waals surface area contributed by atoms with E-state index in [1.54, 1.807) is 37.4 Å². The number of nitrogens with zero attached hydrogens (tertiary/aromatic N) is 3. The molecule has 1 aromatic heterocycles. The van der Waals surface area contributed by atoms with E-state index in [1.165, 1.54) is 4.90 Å². The van der Waals surface area contributed by atoms with E-state index in [9.17, 15) is 14.9 Å². The quantitative estimate of drug-likeness (QED) is 0.662. The third kappa shape index (κ3) is 2.51. The molecule has 0 atom stereocenters. The summed E-state index contributed by atoms with van der Waals surface area (Å²) in [7, 11) is 0. The summed E-state index contributed by atoms with van der Waals surface area (Å²) in [5.74, 6) is -1.03. The molecule has 0 radical (unpaired) electrons. The monoisotopic (exact) mass is 275 g/mol. The van der Waals surface area contributed by atoms with Gasteiger partial charge in [-0.15, -0.1) is 0 Å². The van der Waals surface area contributed by atoms with E-state index in [2.05, 4.69) is 4.98 Å². The van der Waals surface area contributed by atoms with Gasteiger partial charge < -0.3 is 10.0 Å². The highest BCUT2D eigenvalue weighted by atomic mass is 16.6. The van der Waals surface area contributed by atoms with Crippen LogP contribution in [0.15, 0.2) is 30.5 Å². The zero-order valence-electron chi connectivity index (χ0n) is 10.8. The van der Waals surface area contributed by atoms with Crippen LogP contribution in [0.4, 0.5) is 11.4 Å². The van der Waals surface area contributed by atoms with Gasteiger partial charge in [0.1, 0.15) is 12.2 Å². The summed E-state index contributed by atoms with van der Waals surface area (Å²) >= 11 is 0. The van der Waals surface area contributed by atoms with Gasteiger partial charge in [-0.25, -0.2) is 0 Å². The van der Waals surface area contributed by atoms with Crippen molar-refractivity contribution in [3.05, 3.63) is 40.6 Å². The number of nitro groups is 1. The van der Waals surface area contributed by atoms with Crippen LogP contribution in [-0.2, 0) is 4.79 Å². The van der Waals surface area contributed by atoms with Crippen LogP contribution in [0.25, 0.3) is 10.9 Å². The molecule has 1 aromatic carbocycles. The van der Waals surface area contributed by atoms with Gasteiger partial charge in [0, 0.05) is 12.7 Å². The molecule has 0 aliphatic heterocycles. The summed E-state index contributed by atoms with van der Waals surface area (Å²) in [4.78, 5) is 27.2. The number of anilines is 1. The fourth-order valence-electron chi connectivity index (χ4n) is 2.10. The Bertz CT molecular complexity index is 672. The molecule has 1 heterocycles. The fraction of sp³-hybridized carbons (Fsp3) is 0.231. The van der Waals surface area contributed by atoms with E-state index < -0.39 is 10.9 Å². The maximum absolute atomic E-state index is 11.3. The molecule has 7 nitrogen and oxygen atoms in total. The number of carboxylic acid groups (broad SMARTS) is 1. The predicted octanol–water partition coefficient (Wildman–Crippen LogP) is 2.05. The number of carbonyl (C=O) groups is 1. The first-order chi connectivity index (χ1) is 9.54. The number of hydrogen-bond acceptors (Lipinski definition) is 5. The maximum Gasteiger partial charge on any atom is 0.323 e. The molecule has 0 unspecified atom stereocenters. The van der Waals surface area contributed by atoms with E-state index in [0.717, 1.165) is 0 Å². The van der Waals surface area contributed by atoms with Gasteiger partial charge in [-0.2, -0.15) is 0 Å². The number of pyridine rings is 1. The van der Waals surface area contributed by atoms with Crippen molar-refractivity contribution in [3.8, 4) is 0 Å². The Morgan fingerprint density at radius 3 is 2.80 bits per heavy atom. The number of likely N-dealkylation sites (N-methyl/N-ethyl adjacent to an activating group) is 1. The van der Waals surface area contributed by atoms with Gasteiger partial charge in [-0.05, 0) is 31.2 Å². The minimum Gasteiger partial charge on any atom is -0.480 e. The van der Waals surface area contributed by atoms with Crippen molar-refractivity contribution in [3.63, 3.8) is 0 Å². The molecule has 1 N–H and O–H groups in total. The van der Waals surface area contributed by atoms with Gasteiger partial charge in [0.05, 0.1) is 15.8 Å². The van der Waals surface area contributed by atoms with Gasteiger partial charge in [0.2, 0.25) is 0 Å². The fourth-order valence-corrected chi connectivity index (χ4v) is 2.10.